The van der Waals surface area contributed by atoms with E-state index in [0.717, 1.165) is 25.3 Å². The van der Waals surface area contributed by atoms with Crippen molar-refractivity contribution in [3.8, 4) is 5.75 Å². The van der Waals surface area contributed by atoms with Crippen molar-refractivity contribution in [2.45, 2.75) is 26.0 Å². The Labute approximate surface area is 164 Å². The number of nitrogens with one attached hydrogen (secondary N) is 2. The first-order valence-electron chi connectivity index (χ1n) is 8.47. The highest BCUT2D eigenvalue weighted by molar-refractivity contribution is 6.31. The molecule has 7 nitrogen and oxygen atoms in total. The number of halogens is 1. The van der Waals surface area contributed by atoms with Crippen LogP contribution in [0.3, 0.4) is 0 Å². The molecule has 0 aliphatic carbocycles. The van der Waals surface area contributed by atoms with Crippen molar-refractivity contribution in [2.24, 2.45) is 0 Å². The maximum atomic E-state index is 10.1. The molecule has 1 aromatic heterocycles. The zero-order valence-corrected chi connectivity index (χ0v) is 16.2. The van der Waals surface area contributed by atoms with Crippen LogP contribution in [0.25, 0.3) is 0 Å². The van der Waals surface area contributed by atoms with Gasteiger partial charge in [-0.25, -0.2) is 4.79 Å². The van der Waals surface area contributed by atoms with Gasteiger partial charge < -0.3 is 25.6 Å². The standard InChI is InChI=1S/C8H10O.C7H7ClN2O2.C4H9NO/c1-7-3-5-8(9-2)6-4-7;8-6-4-9-2-1-5(6)3-10-7(11)12;6-4-1-2-5-3-4/h3-6H,1-2H3;1-2,4,10H,3H2,(H,11,12);4-6H,1-3H2. The monoisotopic (exact) mass is 395 g/mol. The normalized spacial score (nSPS) is 14.9. The number of aryl methyl sites for hydroxylation is 1. The van der Waals surface area contributed by atoms with Crippen LogP contribution in [0.4, 0.5) is 4.79 Å². The van der Waals surface area contributed by atoms with Gasteiger partial charge in [0.1, 0.15) is 5.75 Å². The van der Waals surface area contributed by atoms with Crippen molar-refractivity contribution < 1.29 is 19.7 Å². The summed E-state index contributed by atoms with van der Waals surface area (Å²) >= 11 is 5.71. The second-order valence-corrected chi connectivity index (χ2v) is 6.20. The fourth-order valence-corrected chi connectivity index (χ4v) is 2.22. The number of aliphatic hydroxyl groups is 1. The van der Waals surface area contributed by atoms with E-state index in [1.807, 2.05) is 24.3 Å². The molecule has 1 saturated heterocycles. The quantitative estimate of drug-likeness (QED) is 0.637. The van der Waals surface area contributed by atoms with E-state index >= 15 is 0 Å². The Hall–Kier alpha value is -2.35. The van der Waals surface area contributed by atoms with Gasteiger partial charge in [0.05, 0.1) is 18.2 Å². The number of carbonyl (C=O) groups is 1. The van der Waals surface area contributed by atoms with Crippen molar-refractivity contribution >= 4 is 17.7 Å². The minimum atomic E-state index is -1.07. The van der Waals surface area contributed by atoms with Gasteiger partial charge in [0, 0.05) is 25.5 Å². The zero-order chi connectivity index (χ0) is 20.1. The number of aliphatic hydroxyl groups excluding tert-OH is 1. The van der Waals surface area contributed by atoms with E-state index < -0.39 is 6.09 Å². The maximum Gasteiger partial charge on any atom is 0.404 e. The topological polar surface area (TPSA) is 104 Å². The predicted molar refractivity (Wildman–Crippen MR) is 105 cm³/mol. The van der Waals surface area contributed by atoms with Crippen LogP contribution >= 0.6 is 11.6 Å². The number of ether oxygens (including phenoxy) is 1. The Balaban J connectivity index is 0.000000214. The number of benzene rings is 1. The van der Waals surface area contributed by atoms with Gasteiger partial charge in [0.25, 0.3) is 0 Å². The Morgan fingerprint density at radius 2 is 2.07 bits per heavy atom. The summed E-state index contributed by atoms with van der Waals surface area (Å²) < 4.78 is 4.97. The maximum absolute atomic E-state index is 10.1. The molecule has 1 aliphatic heterocycles. The highest BCUT2D eigenvalue weighted by Gasteiger charge is 2.08. The smallest absolute Gasteiger partial charge is 0.404 e. The number of methoxy groups -OCH3 is 1. The van der Waals surface area contributed by atoms with Crippen molar-refractivity contribution in [1.29, 1.82) is 0 Å². The molecule has 0 bridgehead atoms. The van der Waals surface area contributed by atoms with Gasteiger partial charge in [-0.05, 0) is 43.7 Å². The summed E-state index contributed by atoms with van der Waals surface area (Å²) in [4.78, 5) is 13.9. The number of rotatable bonds is 3. The molecule has 27 heavy (non-hydrogen) atoms. The summed E-state index contributed by atoms with van der Waals surface area (Å²) in [6.45, 7) is 4.04. The predicted octanol–water partition coefficient (Wildman–Crippen LogP) is 2.85. The average molecular weight is 396 g/mol. The molecule has 1 amide bonds. The van der Waals surface area contributed by atoms with E-state index in [4.69, 9.17) is 26.6 Å². The van der Waals surface area contributed by atoms with Crippen LogP contribution in [0, 0.1) is 6.92 Å². The summed E-state index contributed by atoms with van der Waals surface area (Å²) in [5.41, 5.74) is 1.98. The Kier molecular flexibility index (Phi) is 10.9. The lowest BCUT2D eigenvalue weighted by molar-refractivity contribution is 0.194. The Morgan fingerprint density at radius 1 is 1.37 bits per heavy atom. The third kappa shape index (κ3) is 10.4. The SMILES string of the molecule is COc1ccc(C)cc1.O=C(O)NCc1ccncc1Cl.OC1CCNC1. The zero-order valence-electron chi connectivity index (χ0n) is 15.5. The molecule has 1 fully saturated rings. The first kappa shape index (κ1) is 22.7. The lowest BCUT2D eigenvalue weighted by Gasteiger charge is -2.01. The molecule has 1 atom stereocenters. The highest BCUT2D eigenvalue weighted by Crippen LogP contribution is 2.12. The number of β-amino-alcohol motifs (C(OH)–C–C–N with tert-alkyl or cyclic N) is 1. The number of hydrogen-bond acceptors (Lipinski definition) is 5. The van der Waals surface area contributed by atoms with Gasteiger partial charge in [0.15, 0.2) is 0 Å². The molecule has 2 heterocycles. The second kappa shape index (κ2) is 12.9. The largest absolute Gasteiger partial charge is 0.497 e. The van der Waals surface area contributed by atoms with Crippen LogP contribution in [0.2, 0.25) is 5.02 Å². The van der Waals surface area contributed by atoms with E-state index in [0.29, 0.717) is 10.6 Å². The molecule has 1 aliphatic rings. The third-order valence-electron chi connectivity index (χ3n) is 3.58. The highest BCUT2D eigenvalue weighted by atomic mass is 35.5. The first-order valence-corrected chi connectivity index (χ1v) is 8.84. The van der Waals surface area contributed by atoms with Crippen molar-refractivity contribution in [2.75, 3.05) is 20.2 Å². The van der Waals surface area contributed by atoms with Gasteiger partial charge in [-0.15, -0.1) is 0 Å². The van der Waals surface area contributed by atoms with E-state index in [9.17, 15) is 4.79 Å². The van der Waals surface area contributed by atoms with Crippen LogP contribution in [0.1, 0.15) is 17.5 Å². The molecule has 1 unspecified atom stereocenters. The van der Waals surface area contributed by atoms with Gasteiger partial charge in [-0.3, -0.25) is 4.98 Å². The average Bonchev–Trinajstić information content (AvgIpc) is 3.14. The summed E-state index contributed by atoms with van der Waals surface area (Å²) in [5, 5.41) is 22.7. The summed E-state index contributed by atoms with van der Waals surface area (Å²) in [7, 11) is 1.67. The number of aromatic nitrogens is 1. The van der Waals surface area contributed by atoms with Gasteiger partial charge in [-0.1, -0.05) is 29.3 Å². The van der Waals surface area contributed by atoms with Crippen LogP contribution in [-0.4, -0.2) is 47.6 Å². The number of nitrogens with zero attached hydrogens (tertiary/aromatic N) is 1. The molecular weight excluding hydrogens is 370 g/mol. The molecule has 3 rings (SSSR count). The fraction of sp³-hybridized carbons (Fsp3) is 0.368. The minimum Gasteiger partial charge on any atom is -0.497 e. The van der Waals surface area contributed by atoms with Crippen LogP contribution in [-0.2, 0) is 6.54 Å². The van der Waals surface area contributed by atoms with E-state index in [1.165, 1.54) is 11.8 Å². The summed E-state index contributed by atoms with van der Waals surface area (Å²) in [6, 6.07) is 9.63. The van der Waals surface area contributed by atoms with Gasteiger partial charge >= 0.3 is 6.09 Å². The van der Waals surface area contributed by atoms with Crippen LogP contribution < -0.4 is 15.4 Å². The Morgan fingerprint density at radius 3 is 2.52 bits per heavy atom. The molecular formula is C19H26ClN3O4. The van der Waals surface area contributed by atoms with E-state index in [-0.39, 0.29) is 12.6 Å². The number of hydrogen-bond donors (Lipinski definition) is 4. The number of pyridine rings is 1. The summed E-state index contributed by atoms with van der Waals surface area (Å²) in [6.07, 6.45) is 2.83. The van der Waals surface area contributed by atoms with Gasteiger partial charge in [-0.2, -0.15) is 0 Å². The van der Waals surface area contributed by atoms with E-state index in [1.54, 1.807) is 19.4 Å². The molecule has 1 aromatic carbocycles. The summed E-state index contributed by atoms with van der Waals surface area (Å²) in [5.74, 6) is 0.917. The lowest BCUT2D eigenvalue weighted by Crippen LogP contribution is -2.20. The minimum absolute atomic E-state index is 0.0648. The third-order valence-corrected chi connectivity index (χ3v) is 3.92. The lowest BCUT2D eigenvalue weighted by atomic mass is 10.2. The molecule has 0 saturated carbocycles. The Bertz CT molecular complexity index is 677. The molecule has 2 aromatic rings. The van der Waals surface area contributed by atoms with Crippen molar-refractivity contribution in [3.63, 3.8) is 0 Å². The first-order chi connectivity index (χ1) is 12.9. The molecule has 4 N–H and O–H groups in total. The molecule has 0 spiro atoms. The molecule has 148 valence electrons. The van der Waals surface area contributed by atoms with Crippen molar-refractivity contribution in [1.82, 2.24) is 15.6 Å². The number of amides is 1. The van der Waals surface area contributed by atoms with E-state index in [2.05, 4.69) is 22.5 Å². The van der Waals surface area contributed by atoms with Crippen LogP contribution in [0.15, 0.2) is 42.7 Å². The van der Waals surface area contributed by atoms with Crippen LogP contribution in [0.5, 0.6) is 5.75 Å². The van der Waals surface area contributed by atoms with Crippen molar-refractivity contribution in [3.05, 3.63) is 58.9 Å². The number of carboxylic acid groups (broad SMARTS) is 1. The fourth-order valence-electron chi connectivity index (χ4n) is 2.03. The molecule has 8 heteroatoms. The molecule has 0 radical (unpaired) electrons. The van der Waals surface area contributed by atoms with Gasteiger partial charge in [0.2, 0.25) is 0 Å². The second-order valence-electron chi connectivity index (χ2n) is 5.79.